The van der Waals surface area contributed by atoms with E-state index in [2.05, 4.69) is 66.5 Å². The Hall–Kier alpha value is -2.22. The van der Waals surface area contributed by atoms with E-state index in [9.17, 15) is 0 Å². The van der Waals surface area contributed by atoms with Crippen LogP contribution < -0.4 is 0 Å². The van der Waals surface area contributed by atoms with Crippen molar-refractivity contribution < 1.29 is 0 Å². The van der Waals surface area contributed by atoms with E-state index in [0.29, 0.717) is 0 Å². The molecule has 3 rings (SSSR count). The van der Waals surface area contributed by atoms with Gasteiger partial charge in [0.25, 0.3) is 0 Å². The molecular formula is C16H14N2. The number of fused-ring (bicyclic) bond motifs is 1. The summed E-state index contributed by atoms with van der Waals surface area (Å²) in [4.78, 5) is 0. The molecule has 0 saturated carbocycles. The predicted molar refractivity (Wildman–Crippen MR) is 74.4 cm³/mol. The molecule has 0 fully saturated rings. The molecule has 0 radical (unpaired) electrons. The first-order chi connectivity index (χ1) is 8.74. The standard InChI is InChI=1S/C16H14N2/c1-11-3-6-13(7-4-11)16-15-9-12(2)5-8-14(15)10-17-18-16/h3-10H,1-2H3. The van der Waals surface area contributed by atoms with Crippen molar-refractivity contribution in [1.29, 1.82) is 0 Å². The first-order valence-electron chi connectivity index (χ1n) is 6.03. The predicted octanol–water partition coefficient (Wildman–Crippen LogP) is 3.91. The normalized spacial score (nSPS) is 10.8. The Morgan fingerprint density at radius 3 is 2.33 bits per heavy atom. The Morgan fingerprint density at radius 1 is 0.833 bits per heavy atom. The van der Waals surface area contributed by atoms with Gasteiger partial charge in [-0.25, -0.2) is 0 Å². The molecule has 2 heteroatoms. The highest BCUT2D eigenvalue weighted by atomic mass is 15.1. The SMILES string of the molecule is Cc1ccc(-c2nncc3ccc(C)cc23)cc1. The van der Waals surface area contributed by atoms with Crippen molar-refractivity contribution in [2.45, 2.75) is 13.8 Å². The average Bonchev–Trinajstić information content (AvgIpc) is 2.39. The van der Waals surface area contributed by atoms with Gasteiger partial charge in [-0.05, 0) is 19.9 Å². The molecule has 0 atom stereocenters. The van der Waals surface area contributed by atoms with Gasteiger partial charge in [0.15, 0.2) is 0 Å². The lowest BCUT2D eigenvalue weighted by Crippen LogP contribution is -1.90. The van der Waals surface area contributed by atoms with Gasteiger partial charge < -0.3 is 0 Å². The molecule has 0 aliphatic rings. The summed E-state index contributed by atoms with van der Waals surface area (Å²) in [6.45, 7) is 4.18. The van der Waals surface area contributed by atoms with Gasteiger partial charge in [-0.2, -0.15) is 5.10 Å². The first kappa shape index (κ1) is 10.9. The number of rotatable bonds is 1. The highest BCUT2D eigenvalue weighted by Gasteiger charge is 2.06. The van der Waals surface area contributed by atoms with E-state index in [1.165, 1.54) is 11.1 Å². The topological polar surface area (TPSA) is 25.8 Å². The zero-order chi connectivity index (χ0) is 12.5. The maximum atomic E-state index is 4.30. The molecule has 0 amide bonds. The van der Waals surface area contributed by atoms with E-state index in [0.717, 1.165) is 22.0 Å². The van der Waals surface area contributed by atoms with Crippen molar-refractivity contribution in [3.63, 3.8) is 0 Å². The molecule has 3 aromatic rings. The highest BCUT2D eigenvalue weighted by molar-refractivity contribution is 5.94. The van der Waals surface area contributed by atoms with Gasteiger partial charge in [0.1, 0.15) is 5.69 Å². The van der Waals surface area contributed by atoms with E-state index >= 15 is 0 Å². The fraction of sp³-hybridized carbons (Fsp3) is 0.125. The van der Waals surface area contributed by atoms with Gasteiger partial charge in [-0.1, -0.05) is 47.5 Å². The van der Waals surface area contributed by atoms with E-state index in [-0.39, 0.29) is 0 Å². The molecule has 2 nitrogen and oxygen atoms in total. The van der Waals surface area contributed by atoms with Gasteiger partial charge in [0.05, 0.1) is 6.20 Å². The molecular weight excluding hydrogens is 220 g/mol. The van der Waals surface area contributed by atoms with Crippen LogP contribution in [-0.4, -0.2) is 10.2 Å². The fourth-order valence-electron chi connectivity index (χ4n) is 2.12. The third kappa shape index (κ3) is 1.86. The molecule has 0 unspecified atom stereocenters. The highest BCUT2D eigenvalue weighted by Crippen LogP contribution is 2.26. The van der Waals surface area contributed by atoms with Crippen LogP contribution in [0.25, 0.3) is 22.0 Å². The third-order valence-corrected chi connectivity index (χ3v) is 3.14. The van der Waals surface area contributed by atoms with Crippen LogP contribution in [0.1, 0.15) is 11.1 Å². The summed E-state index contributed by atoms with van der Waals surface area (Å²) in [5, 5.41) is 10.7. The van der Waals surface area contributed by atoms with Crippen LogP contribution in [0.15, 0.2) is 48.7 Å². The van der Waals surface area contributed by atoms with E-state index in [4.69, 9.17) is 0 Å². The van der Waals surface area contributed by atoms with Crippen LogP contribution in [0.2, 0.25) is 0 Å². The molecule has 0 N–H and O–H groups in total. The second kappa shape index (κ2) is 4.22. The molecule has 0 bridgehead atoms. The lowest BCUT2D eigenvalue weighted by atomic mass is 10.0. The van der Waals surface area contributed by atoms with Crippen LogP contribution in [0.5, 0.6) is 0 Å². The second-order valence-electron chi connectivity index (χ2n) is 4.65. The van der Waals surface area contributed by atoms with Crippen LogP contribution in [0, 0.1) is 13.8 Å². The smallest absolute Gasteiger partial charge is 0.101 e. The zero-order valence-corrected chi connectivity index (χ0v) is 10.5. The summed E-state index contributed by atoms with van der Waals surface area (Å²) in [7, 11) is 0. The van der Waals surface area contributed by atoms with Gasteiger partial charge in [-0.3, -0.25) is 0 Å². The molecule has 0 aliphatic carbocycles. The number of nitrogens with zero attached hydrogens (tertiary/aromatic N) is 2. The van der Waals surface area contributed by atoms with Gasteiger partial charge in [0, 0.05) is 16.3 Å². The Morgan fingerprint density at radius 2 is 1.56 bits per heavy atom. The van der Waals surface area contributed by atoms with Crippen LogP contribution in [-0.2, 0) is 0 Å². The van der Waals surface area contributed by atoms with Gasteiger partial charge >= 0.3 is 0 Å². The largest absolute Gasteiger partial charge is 0.158 e. The summed E-state index contributed by atoms with van der Waals surface area (Å²) in [5.41, 5.74) is 4.56. The Balaban J connectivity index is 2.28. The lowest BCUT2D eigenvalue weighted by Gasteiger charge is -2.06. The fourth-order valence-corrected chi connectivity index (χ4v) is 2.12. The molecule has 2 aromatic carbocycles. The summed E-state index contributed by atoms with van der Waals surface area (Å²) in [5.74, 6) is 0. The molecule has 88 valence electrons. The number of benzene rings is 2. The van der Waals surface area contributed by atoms with Crippen molar-refractivity contribution in [1.82, 2.24) is 10.2 Å². The van der Waals surface area contributed by atoms with Crippen molar-refractivity contribution in [2.24, 2.45) is 0 Å². The minimum atomic E-state index is 0.955. The molecule has 0 saturated heterocycles. The number of aryl methyl sites for hydroxylation is 2. The zero-order valence-electron chi connectivity index (χ0n) is 10.5. The quantitative estimate of drug-likeness (QED) is 0.638. The van der Waals surface area contributed by atoms with Crippen molar-refractivity contribution in [3.05, 3.63) is 59.8 Å². The van der Waals surface area contributed by atoms with Crippen LogP contribution >= 0.6 is 0 Å². The monoisotopic (exact) mass is 234 g/mol. The van der Waals surface area contributed by atoms with Crippen LogP contribution in [0.4, 0.5) is 0 Å². The molecule has 0 spiro atoms. The Bertz CT molecular complexity index is 700. The summed E-state index contributed by atoms with van der Waals surface area (Å²) < 4.78 is 0. The molecule has 1 aromatic heterocycles. The summed E-state index contributed by atoms with van der Waals surface area (Å²) in [6.07, 6.45) is 1.81. The molecule has 18 heavy (non-hydrogen) atoms. The second-order valence-corrected chi connectivity index (χ2v) is 4.65. The van der Waals surface area contributed by atoms with Gasteiger partial charge in [0.2, 0.25) is 0 Å². The Kier molecular flexibility index (Phi) is 2.56. The van der Waals surface area contributed by atoms with E-state index in [1.54, 1.807) is 0 Å². The maximum absolute atomic E-state index is 4.30. The van der Waals surface area contributed by atoms with Gasteiger partial charge in [-0.15, -0.1) is 5.10 Å². The number of hydrogen-bond acceptors (Lipinski definition) is 2. The van der Waals surface area contributed by atoms with Crippen molar-refractivity contribution >= 4 is 10.8 Å². The number of hydrogen-bond donors (Lipinski definition) is 0. The summed E-state index contributed by atoms with van der Waals surface area (Å²) in [6, 6.07) is 14.8. The van der Waals surface area contributed by atoms with Crippen molar-refractivity contribution in [2.75, 3.05) is 0 Å². The van der Waals surface area contributed by atoms with Crippen LogP contribution in [0.3, 0.4) is 0 Å². The molecule has 0 aliphatic heterocycles. The average molecular weight is 234 g/mol. The third-order valence-electron chi connectivity index (χ3n) is 3.14. The number of aromatic nitrogens is 2. The minimum absolute atomic E-state index is 0.955. The van der Waals surface area contributed by atoms with Crippen molar-refractivity contribution in [3.8, 4) is 11.3 Å². The first-order valence-corrected chi connectivity index (χ1v) is 6.03. The maximum Gasteiger partial charge on any atom is 0.101 e. The Labute approximate surface area is 106 Å². The van der Waals surface area contributed by atoms with E-state index in [1.807, 2.05) is 6.20 Å². The van der Waals surface area contributed by atoms with E-state index < -0.39 is 0 Å². The molecule has 1 heterocycles. The summed E-state index contributed by atoms with van der Waals surface area (Å²) >= 11 is 0. The minimum Gasteiger partial charge on any atom is -0.158 e. The lowest BCUT2D eigenvalue weighted by molar-refractivity contribution is 1.06.